The molecule has 2 aromatic rings. The quantitative estimate of drug-likeness (QED) is 0.823. The number of hydrogen-bond donors (Lipinski definition) is 0. The van der Waals surface area contributed by atoms with E-state index in [1.54, 1.807) is 12.1 Å². The highest BCUT2D eigenvalue weighted by atomic mass is 19.1. The van der Waals surface area contributed by atoms with E-state index in [0.29, 0.717) is 22.4 Å². The van der Waals surface area contributed by atoms with Gasteiger partial charge in [0.05, 0.1) is 0 Å². The lowest BCUT2D eigenvalue weighted by atomic mass is 9.98. The van der Waals surface area contributed by atoms with Gasteiger partial charge >= 0.3 is 0 Å². The smallest absolute Gasteiger partial charge is 0.254 e. The molecule has 4 heteroatoms. The topological polar surface area (TPSA) is 23.6 Å². The Hall–Kier alpha value is -1.94. The fourth-order valence-corrected chi connectivity index (χ4v) is 4.34. The maximum atomic E-state index is 14.0. The molecule has 2 aliphatic rings. The minimum atomic E-state index is -0.268. The van der Waals surface area contributed by atoms with Gasteiger partial charge in [-0.3, -0.25) is 4.79 Å². The van der Waals surface area contributed by atoms with Crippen molar-refractivity contribution in [1.29, 1.82) is 0 Å². The molecular weight excluding hydrogens is 315 g/mol. The molecule has 25 heavy (non-hydrogen) atoms. The second kappa shape index (κ2) is 7.12. The molecule has 0 spiro atoms. The normalized spacial score (nSPS) is 20.1. The van der Waals surface area contributed by atoms with Gasteiger partial charge in [-0.2, -0.15) is 0 Å². The highest BCUT2D eigenvalue weighted by Gasteiger charge is 2.28. The van der Waals surface area contributed by atoms with Crippen LogP contribution in [0.5, 0.6) is 0 Å². The largest absolute Gasteiger partial charge is 0.339 e. The van der Waals surface area contributed by atoms with E-state index in [1.807, 2.05) is 23.1 Å². The van der Waals surface area contributed by atoms with E-state index in [2.05, 4.69) is 4.90 Å². The van der Waals surface area contributed by atoms with Crippen molar-refractivity contribution < 1.29 is 9.18 Å². The Kier molecular flexibility index (Phi) is 4.71. The molecule has 4 rings (SSSR count). The van der Waals surface area contributed by atoms with E-state index in [-0.39, 0.29) is 11.7 Å². The molecule has 0 aromatic heterocycles. The van der Waals surface area contributed by atoms with E-state index in [9.17, 15) is 9.18 Å². The molecule has 2 aromatic carbocycles. The van der Waals surface area contributed by atoms with E-state index in [1.165, 1.54) is 38.4 Å². The monoisotopic (exact) mass is 340 g/mol. The number of benzene rings is 2. The second-order valence-electron chi connectivity index (χ2n) is 7.26. The Balaban J connectivity index is 1.48. The first kappa shape index (κ1) is 16.5. The first-order valence-electron chi connectivity index (χ1n) is 9.44. The van der Waals surface area contributed by atoms with E-state index in [0.717, 1.165) is 25.9 Å². The van der Waals surface area contributed by atoms with Crippen molar-refractivity contribution in [3.8, 4) is 0 Å². The number of piperidine rings is 2. The van der Waals surface area contributed by atoms with E-state index < -0.39 is 0 Å². The summed E-state index contributed by atoms with van der Waals surface area (Å²) in [6.07, 6.45) is 6.06. The summed E-state index contributed by atoms with van der Waals surface area (Å²) < 4.78 is 14.0. The molecule has 0 radical (unpaired) electrons. The second-order valence-corrected chi connectivity index (χ2v) is 7.26. The molecule has 2 aliphatic heterocycles. The lowest BCUT2D eigenvalue weighted by Crippen LogP contribution is -2.48. The summed E-state index contributed by atoms with van der Waals surface area (Å²) in [6, 6.07) is 10.9. The van der Waals surface area contributed by atoms with Crippen LogP contribution in [-0.4, -0.2) is 47.9 Å². The summed E-state index contributed by atoms with van der Waals surface area (Å²) in [7, 11) is 0. The third-order valence-corrected chi connectivity index (χ3v) is 5.76. The van der Waals surface area contributed by atoms with Crippen molar-refractivity contribution in [2.75, 3.05) is 26.2 Å². The van der Waals surface area contributed by atoms with Crippen molar-refractivity contribution in [2.45, 2.75) is 38.1 Å². The van der Waals surface area contributed by atoms with Gasteiger partial charge in [-0.05, 0) is 56.3 Å². The van der Waals surface area contributed by atoms with Gasteiger partial charge in [0, 0.05) is 30.1 Å². The molecule has 2 saturated heterocycles. The highest BCUT2D eigenvalue weighted by molar-refractivity contribution is 6.07. The summed E-state index contributed by atoms with van der Waals surface area (Å²) in [5.41, 5.74) is 0.619. The summed E-state index contributed by atoms with van der Waals surface area (Å²) in [5.74, 6) is -0.232. The molecule has 0 saturated carbocycles. The van der Waals surface area contributed by atoms with Crippen LogP contribution in [0.15, 0.2) is 36.4 Å². The average molecular weight is 340 g/mol. The first-order chi connectivity index (χ1) is 12.2. The molecule has 0 N–H and O–H groups in total. The van der Waals surface area contributed by atoms with Crippen molar-refractivity contribution in [2.24, 2.45) is 0 Å². The summed E-state index contributed by atoms with van der Waals surface area (Å²) in [4.78, 5) is 17.6. The van der Waals surface area contributed by atoms with Crippen LogP contribution < -0.4 is 0 Å². The lowest BCUT2D eigenvalue weighted by Gasteiger charge is -2.40. The van der Waals surface area contributed by atoms with Crippen LogP contribution in [0.2, 0.25) is 0 Å². The highest BCUT2D eigenvalue weighted by Crippen LogP contribution is 2.26. The number of carbonyl (C=O) groups excluding carboxylic acids is 1. The third-order valence-electron chi connectivity index (χ3n) is 5.76. The molecule has 0 unspecified atom stereocenters. The van der Waals surface area contributed by atoms with Crippen molar-refractivity contribution in [1.82, 2.24) is 9.80 Å². The zero-order chi connectivity index (χ0) is 17.2. The van der Waals surface area contributed by atoms with Gasteiger partial charge in [0.2, 0.25) is 0 Å². The van der Waals surface area contributed by atoms with Gasteiger partial charge in [-0.1, -0.05) is 30.7 Å². The van der Waals surface area contributed by atoms with Crippen LogP contribution in [-0.2, 0) is 0 Å². The third kappa shape index (κ3) is 3.28. The average Bonchev–Trinajstić information content (AvgIpc) is 2.69. The van der Waals surface area contributed by atoms with Crippen LogP contribution in [0.3, 0.4) is 0 Å². The molecule has 2 fully saturated rings. The Morgan fingerprint density at radius 2 is 1.56 bits per heavy atom. The minimum absolute atomic E-state index is 0.0355. The van der Waals surface area contributed by atoms with Crippen LogP contribution in [0.25, 0.3) is 10.8 Å². The first-order valence-corrected chi connectivity index (χ1v) is 9.44. The number of fused-ring (bicyclic) bond motifs is 1. The Morgan fingerprint density at radius 1 is 0.880 bits per heavy atom. The zero-order valence-corrected chi connectivity index (χ0v) is 14.6. The fourth-order valence-electron chi connectivity index (χ4n) is 4.34. The summed E-state index contributed by atoms with van der Waals surface area (Å²) in [5, 5.41) is 1.24. The molecule has 0 atom stereocenters. The standard InChI is InChI=1S/C21H25FN2O/c22-20-9-8-19(17-6-2-3-7-18(17)20)21(25)24-14-10-16(11-15-24)23-12-4-1-5-13-23/h2-3,6-9,16H,1,4-5,10-15H2. The Bertz CT molecular complexity index is 762. The number of nitrogens with zero attached hydrogens (tertiary/aromatic N) is 2. The van der Waals surface area contributed by atoms with Gasteiger partial charge in [0.1, 0.15) is 5.82 Å². The molecule has 132 valence electrons. The van der Waals surface area contributed by atoms with Crippen LogP contribution in [0.4, 0.5) is 4.39 Å². The van der Waals surface area contributed by atoms with Crippen LogP contribution in [0, 0.1) is 5.82 Å². The van der Waals surface area contributed by atoms with E-state index in [4.69, 9.17) is 0 Å². The van der Waals surface area contributed by atoms with Gasteiger partial charge in [0.25, 0.3) is 5.91 Å². The van der Waals surface area contributed by atoms with Gasteiger partial charge in [-0.15, -0.1) is 0 Å². The molecule has 2 heterocycles. The van der Waals surface area contributed by atoms with E-state index >= 15 is 0 Å². The predicted octanol–water partition coefficient (Wildman–Crippen LogP) is 4.07. The number of amides is 1. The lowest BCUT2D eigenvalue weighted by molar-refractivity contribution is 0.0591. The number of hydrogen-bond acceptors (Lipinski definition) is 2. The van der Waals surface area contributed by atoms with Gasteiger partial charge in [0.15, 0.2) is 0 Å². The molecular formula is C21H25FN2O. The Morgan fingerprint density at radius 3 is 2.28 bits per heavy atom. The minimum Gasteiger partial charge on any atom is -0.339 e. The van der Waals surface area contributed by atoms with Crippen molar-refractivity contribution >= 4 is 16.7 Å². The fraction of sp³-hybridized carbons (Fsp3) is 0.476. The van der Waals surface area contributed by atoms with Crippen molar-refractivity contribution in [3.05, 3.63) is 47.8 Å². The van der Waals surface area contributed by atoms with Gasteiger partial charge < -0.3 is 9.80 Å². The number of halogens is 1. The number of rotatable bonds is 2. The zero-order valence-electron chi connectivity index (χ0n) is 14.6. The predicted molar refractivity (Wildman–Crippen MR) is 98.3 cm³/mol. The molecule has 0 aliphatic carbocycles. The van der Waals surface area contributed by atoms with Crippen LogP contribution in [0.1, 0.15) is 42.5 Å². The maximum absolute atomic E-state index is 14.0. The van der Waals surface area contributed by atoms with Gasteiger partial charge in [-0.25, -0.2) is 4.39 Å². The molecule has 0 bridgehead atoms. The summed E-state index contributed by atoms with van der Waals surface area (Å²) >= 11 is 0. The SMILES string of the molecule is O=C(c1ccc(F)c2ccccc12)N1CCC(N2CCCCC2)CC1. The van der Waals surface area contributed by atoms with Crippen molar-refractivity contribution in [3.63, 3.8) is 0 Å². The number of likely N-dealkylation sites (tertiary alicyclic amines) is 2. The number of carbonyl (C=O) groups is 1. The van der Waals surface area contributed by atoms with Crippen LogP contribution >= 0.6 is 0 Å². The molecule has 3 nitrogen and oxygen atoms in total. The Labute approximate surface area is 148 Å². The summed E-state index contributed by atoms with van der Waals surface area (Å²) in [6.45, 7) is 4.01. The molecule has 1 amide bonds. The maximum Gasteiger partial charge on any atom is 0.254 e.